The fraction of sp³-hybridized carbons (Fsp3) is 0.600. The van der Waals surface area contributed by atoms with Crippen LogP contribution in [0.15, 0.2) is 58.7 Å². The molecule has 0 amide bonds. The molecule has 4 aliphatic rings. The zero-order chi connectivity index (χ0) is 27.0. The highest BCUT2D eigenvalue weighted by Crippen LogP contribution is 2.42. The molecule has 2 aliphatic heterocycles. The van der Waals surface area contributed by atoms with Gasteiger partial charge in [0.2, 0.25) is 0 Å². The van der Waals surface area contributed by atoms with Crippen LogP contribution in [0, 0.1) is 23.7 Å². The summed E-state index contributed by atoms with van der Waals surface area (Å²) < 4.78 is 11.3. The Morgan fingerprint density at radius 1 is 0.838 bits per heavy atom. The third kappa shape index (κ3) is 5.84. The van der Waals surface area contributed by atoms with Crippen LogP contribution in [0.3, 0.4) is 0 Å². The zero-order valence-electron chi connectivity index (χ0n) is 22.2. The predicted molar refractivity (Wildman–Crippen MR) is 139 cm³/mol. The van der Waals surface area contributed by atoms with Crippen LogP contribution in [0.25, 0.3) is 0 Å². The first-order valence-electron chi connectivity index (χ1n) is 13.3. The Balaban J connectivity index is 1.66. The van der Waals surface area contributed by atoms with Gasteiger partial charge in [-0.1, -0.05) is 35.5 Å². The third-order valence-electron chi connectivity index (χ3n) is 8.60. The molecule has 0 radical (unpaired) electrons. The molecule has 0 bridgehead atoms. The highest BCUT2D eigenvalue weighted by atomic mass is 16.6. The largest absolute Gasteiger partial charge is 0.457 e. The van der Waals surface area contributed by atoms with Crippen molar-refractivity contribution < 1.29 is 34.4 Å². The molecule has 7 heteroatoms. The van der Waals surface area contributed by atoms with Gasteiger partial charge in [-0.25, -0.2) is 4.79 Å². The van der Waals surface area contributed by atoms with E-state index in [1.54, 1.807) is 18.2 Å². The highest BCUT2D eigenvalue weighted by molar-refractivity contribution is 5.91. The second-order valence-electron chi connectivity index (χ2n) is 11.4. The molecule has 7 nitrogen and oxygen atoms in total. The summed E-state index contributed by atoms with van der Waals surface area (Å²) >= 11 is 0. The number of aliphatic hydroxyl groups is 3. The van der Waals surface area contributed by atoms with Gasteiger partial charge in [-0.05, 0) is 83.4 Å². The van der Waals surface area contributed by atoms with Gasteiger partial charge in [0.25, 0.3) is 0 Å². The summed E-state index contributed by atoms with van der Waals surface area (Å²) in [5, 5.41) is 32.5. The topological polar surface area (TPSA) is 113 Å². The molecule has 2 fully saturated rings. The molecule has 9 atom stereocenters. The standard InChI is InChI=1S/C30H40O7/c1-15-6-8-20(17(3)12-25-27(23(32)10-15)19(5)29(34)36-25)14-21-28-24(33)11-16(2)7-9-22(31)18(4)13-26(28)37-30(21)35/h10-13,20-28,31-33H,5-9,14H2,1-4H3/b15-10+,16-11+,17-12+,18-13+/t20-,21-,22+,23+,24+,25-,26-,27+,28+/m1/s1. The number of ether oxygens (including phenoxy) is 2. The van der Waals surface area contributed by atoms with Crippen LogP contribution >= 0.6 is 0 Å². The van der Waals surface area contributed by atoms with Crippen molar-refractivity contribution in [3.05, 3.63) is 58.7 Å². The lowest BCUT2D eigenvalue weighted by atomic mass is 9.75. The van der Waals surface area contributed by atoms with Crippen molar-refractivity contribution in [2.75, 3.05) is 0 Å². The summed E-state index contributed by atoms with van der Waals surface area (Å²) in [7, 11) is 0. The predicted octanol–water partition coefficient (Wildman–Crippen LogP) is 3.70. The Bertz CT molecular complexity index is 1060. The van der Waals surface area contributed by atoms with Gasteiger partial charge in [-0.15, -0.1) is 0 Å². The van der Waals surface area contributed by atoms with E-state index in [2.05, 4.69) is 6.58 Å². The third-order valence-corrected chi connectivity index (χ3v) is 8.60. The first kappa shape index (κ1) is 27.6. The Labute approximate surface area is 219 Å². The lowest BCUT2D eigenvalue weighted by Crippen LogP contribution is -2.33. The lowest BCUT2D eigenvalue weighted by Gasteiger charge is -2.29. The van der Waals surface area contributed by atoms with Gasteiger partial charge >= 0.3 is 11.9 Å². The van der Waals surface area contributed by atoms with E-state index in [-0.39, 0.29) is 17.5 Å². The van der Waals surface area contributed by atoms with Gasteiger partial charge in [-0.2, -0.15) is 0 Å². The summed E-state index contributed by atoms with van der Waals surface area (Å²) in [4.78, 5) is 25.5. The van der Waals surface area contributed by atoms with Gasteiger partial charge in [0.05, 0.1) is 30.1 Å². The number of aliphatic hydroxyl groups excluding tert-OH is 3. The monoisotopic (exact) mass is 512 g/mol. The Morgan fingerprint density at radius 2 is 1.46 bits per heavy atom. The molecule has 0 aromatic carbocycles. The second-order valence-corrected chi connectivity index (χ2v) is 11.4. The van der Waals surface area contributed by atoms with Crippen molar-refractivity contribution in [2.24, 2.45) is 23.7 Å². The van der Waals surface area contributed by atoms with Crippen molar-refractivity contribution in [1.82, 2.24) is 0 Å². The van der Waals surface area contributed by atoms with Gasteiger partial charge < -0.3 is 24.8 Å². The van der Waals surface area contributed by atoms with Crippen LogP contribution in [-0.4, -0.2) is 57.8 Å². The lowest BCUT2D eigenvalue weighted by molar-refractivity contribution is -0.143. The van der Waals surface area contributed by atoms with E-state index in [4.69, 9.17) is 9.47 Å². The van der Waals surface area contributed by atoms with Gasteiger partial charge in [0, 0.05) is 11.5 Å². The zero-order valence-corrected chi connectivity index (χ0v) is 22.2. The minimum atomic E-state index is -0.867. The highest BCUT2D eigenvalue weighted by Gasteiger charge is 2.48. The summed E-state index contributed by atoms with van der Waals surface area (Å²) in [6.45, 7) is 11.5. The molecule has 37 heavy (non-hydrogen) atoms. The first-order chi connectivity index (χ1) is 17.5. The number of esters is 2. The van der Waals surface area contributed by atoms with Crippen LogP contribution in [-0.2, 0) is 19.1 Å². The van der Waals surface area contributed by atoms with Crippen LogP contribution in [0.5, 0.6) is 0 Å². The van der Waals surface area contributed by atoms with E-state index < -0.39 is 54.2 Å². The fourth-order valence-corrected chi connectivity index (χ4v) is 6.22. The number of rotatable bonds is 2. The van der Waals surface area contributed by atoms with Crippen LogP contribution in [0.2, 0.25) is 0 Å². The smallest absolute Gasteiger partial charge is 0.334 e. The normalized spacial score (nSPS) is 44.9. The molecule has 0 spiro atoms. The second kappa shape index (κ2) is 11.1. The molecular weight excluding hydrogens is 472 g/mol. The molecule has 3 N–H and O–H groups in total. The SMILES string of the molecule is C=C1C(=O)O[C@@H]2/C=C(\C)[C@@H](C[C@H]3C(=O)O[C@@H]4/C=C(\C)[C@@H](O)CC/C(C)=C/[C@H](O)[C@@H]43)CC/C(C)=C/[C@H](O)[C@H]12. The maximum atomic E-state index is 13.2. The average molecular weight is 513 g/mol. The Morgan fingerprint density at radius 3 is 2.16 bits per heavy atom. The summed E-state index contributed by atoms with van der Waals surface area (Å²) in [6, 6.07) is 0. The molecule has 0 unspecified atom stereocenters. The Kier molecular flexibility index (Phi) is 8.26. The van der Waals surface area contributed by atoms with E-state index >= 15 is 0 Å². The van der Waals surface area contributed by atoms with Crippen molar-refractivity contribution in [2.45, 2.75) is 90.3 Å². The summed E-state index contributed by atoms with van der Waals surface area (Å²) in [6.07, 6.45) is 6.81. The van der Waals surface area contributed by atoms with E-state index in [0.717, 1.165) is 28.7 Å². The van der Waals surface area contributed by atoms with E-state index in [0.29, 0.717) is 25.7 Å². The number of hydrogen-bond donors (Lipinski definition) is 3. The molecule has 2 heterocycles. The van der Waals surface area contributed by atoms with Crippen LogP contribution < -0.4 is 0 Å². The van der Waals surface area contributed by atoms with Gasteiger partial charge in [0.15, 0.2) is 0 Å². The van der Waals surface area contributed by atoms with Crippen molar-refractivity contribution in [1.29, 1.82) is 0 Å². The number of hydrogen-bond acceptors (Lipinski definition) is 7. The van der Waals surface area contributed by atoms with Crippen molar-refractivity contribution in [3.8, 4) is 0 Å². The number of carbonyl (C=O) groups is 2. The van der Waals surface area contributed by atoms with Crippen LogP contribution in [0.4, 0.5) is 0 Å². The molecule has 4 rings (SSSR count). The summed E-state index contributed by atoms with van der Waals surface area (Å²) in [5.74, 6) is -2.42. The maximum Gasteiger partial charge on any atom is 0.334 e. The molecule has 2 saturated heterocycles. The minimum absolute atomic E-state index is 0.0218. The van der Waals surface area contributed by atoms with E-state index in [1.807, 2.05) is 33.8 Å². The van der Waals surface area contributed by atoms with Crippen molar-refractivity contribution in [3.63, 3.8) is 0 Å². The van der Waals surface area contributed by atoms with Gasteiger partial charge in [0.1, 0.15) is 12.2 Å². The first-order valence-corrected chi connectivity index (χ1v) is 13.3. The molecule has 0 aromatic heterocycles. The molecule has 0 saturated carbocycles. The molecular formula is C30H40O7. The fourth-order valence-electron chi connectivity index (χ4n) is 6.22. The number of fused-ring (bicyclic) bond motifs is 2. The van der Waals surface area contributed by atoms with Gasteiger partial charge in [-0.3, -0.25) is 4.79 Å². The van der Waals surface area contributed by atoms with Crippen molar-refractivity contribution >= 4 is 11.9 Å². The Hall–Kier alpha value is -2.48. The molecule has 2 aliphatic carbocycles. The van der Waals surface area contributed by atoms with E-state index in [9.17, 15) is 24.9 Å². The number of allylic oxidation sites excluding steroid dienone is 3. The maximum absolute atomic E-state index is 13.2. The number of carbonyl (C=O) groups excluding carboxylic acids is 2. The quantitative estimate of drug-likeness (QED) is 0.294. The average Bonchev–Trinajstić information content (AvgIpc) is 3.27. The molecule has 202 valence electrons. The minimum Gasteiger partial charge on any atom is -0.457 e. The van der Waals surface area contributed by atoms with Crippen LogP contribution in [0.1, 0.15) is 59.8 Å². The molecule has 0 aromatic rings. The summed E-state index contributed by atoms with van der Waals surface area (Å²) in [5.41, 5.74) is 3.95. The van der Waals surface area contributed by atoms with E-state index in [1.165, 1.54) is 0 Å².